The van der Waals surface area contributed by atoms with Crippen molar-refractivity contribution in [3.8, 4) is 5.75 Å². The van der Waals surface area contributed by atoms with E-state index in [1.54, 1.807) is 0 Å². The third kappa shape index (κ3) is 5.03. The van der Waals surface area contributed by atoms with Crippen LogP contribution < -0.4 is 10.1 Å². The SMILES string of the molecule is O=C(COc1ccc(S(=O)(=O)N2CCCC2)cc1[N+](=O)[O-])NC1CCS(=O)(=O)C1. The maximum Gasteiger partial charge on any atom is 0.312 e. The summed E-state index contributed by atoms with van der Waals surface area (Å²) in [5.74, 6) is -1.01. The van der Waals surface area contributed by atoms with E-state index in [2.05, 4.69) is 5.32 Å². The summed E-state index contributed by atoms with van der Waals surface area (Å²) >= 11 is 0. The fourth-order valence-corrected chi connectivity index (χ4v) is 6.53. The summed E-state index contributed by atoms with van der Waals surface area (Å²) in [4.78, 5) is 22.3. The monoisotopic (exact) mass is 447 g/mol. The van der Waals surface area contributed by atoms with E-state index >= 15 is 0 Å². The van der Waals surface area contributed by atoms with Gasteiger partial charge in [0, 0.05) is 25.2 Å². The lowest BCUT2D eigenvalue weighted by Crippen LogP contribution is -2.38. The number of nitro benzene ring substituents is 1. The summed E-state index contributed by atoms with van der Waals surface area (Å²) < 4.78 is 54.5. The first-order chi connectivity index (χ1) is 13.6. The van der Waals surface area contributed by atoms with Gasteiger partial charge >= 0.3 is 5.69 Å². The normalized spacial score (nSPS) is 21.7. The van der Waals surface area contributed by atoms with Gasteiger partial charge in [-0.15, -0.1) is 0 Å². The zero-order valence-electron chi connectivity index (χ0n) is 15.4. The molecule has 2 aliphatic heterocycles. The largest absolute Gasteiger partial charge is 0.477 e. The van der Waals surface area contributed by atoms with Crippen molar-refractivity contribution < 1.29 is 31.3 Å². The number of hydrogen-bond donors (Lipinski definition) is 1. The number of hydrogen-bond acceptors (Lipinski definition) is 8. The standard InChI is InChI=1S/C16H21N3O8S2/c20-16(17-12-5-8-28(23,24)11-12)10-27-15-4-3-13(9-14(15)19(21)22)29(25,26)18-6-1-2-7-18/h3-4,9,12H,1-2,5-8,10-11H2,(H,17,20). The van der Waals surface area contributed by atoms with Crippen molar-refractivity contribution in [3.63, 3.8) is 0 Å². The fraction of sp³-hybridized carbons (Fsp3) is 0.562. The first-order valence-electron chi connectivity index (χ1n) is 9.00. The van der Waals surface area contributed by atoms with Crippen LogP contribution in [0.5, 0.6) is 5.75 Å². The molecular formula is C16H21N3O8S2. The van der Waals surface area contributed by atoms with Gasteiger partial charge in [-0.05, 0) is 31.4 Å². The fourth-order valence-electron chi connectivity index (χ4n) is 3.32. The Morgan fingerprint density at radius 1 is 1.31 bits per heavy atom. The van der Waals surface area contributed by atoms with E-state index < -0.39 is 49.0 Å². The zero-order chi connectivity index (χ0) is 21.2. The van der Waals surface area contributed by atoms with E-state index in [0.717, 1.165) is 25.0 Å². The molecule has 3 rings (SSSR count). The highest BCUT2D eigenvalue weighted by Crippen LogP contribution is 2.31. The highest BCUT2D eigenvalue weighted by Gasteiger charge is 2.31. The number of carbonyl (C=O) groups is 1. The Labute approximate surface area is 168 Å². The molecule has 0 aliphatic carbocycles. The quantitative estimate of drug-likeness (QED) is 0.455. The summed E-state index contributed by atoms with van der Waals surface area (Å²) in [5.41, 5.74) is -0.568. The van der Waals surface area contributed by atoms with Crippen LogP contribution >= 0.6 is 0 Å². The molecular weight excluding hydrogens is 426 g/mol. The molecule has 29 heavy (non-hydrogen) atoms. The average molecular weight is 447 g/mol. The molecule has 1 amide bonds. The van der Waals surface area contributed by atoms with Crippen molar-refractivity contribution in [2.45, 2.75) is 30.2 Å². The minimum atomic E-state index is -3.83. The molecule has 2 saturated heterocycles. The summed E-state index contributed by atoms with van der Waals surface area (Å²) in [6.45, 7) is 0.173. The Morgan fingerprint density at radius 3 is 2.59 bits per heavy atom. The number of carbonyl (C=O) groups excluding carboxylic acids is 1. The second kappa shape index (κ2) is 8.24. The van der Waals surface area contributed by atoms with Gasteiger partial charge in [-0.25, -0.2) is 16.8 Å². The van der Waals surface area contributed by atoms with Crippen molar-refractivity contribution in [2.75, 3.05) is 31.2 Å². The molecule has 2 heterocycles. The van der Waals surface area contributed by atoms with E-state index in [-0.39, 0.29) is 22.2 Å². The molecule has 0 saturated carbocycles. The van der Waals surface area contributed by atoms with Crippen LogP contribution in [0.1, 0.15) is 19.3 Å². The third-order valence-electron chi connectivity index (χ3n) is 4.79. The first-order valence-corrected chi connectivity index (χ1v) is 12.3. The van der Waals surface area contributed by atoms with Crippen LogP contribution in [0.15, 0.2) is 23.1 Å². The van der Waals surface area contributed by atoms with Crippen LogP contribution in [0.4, 0.5) is 5.69 Å². The van der Waals surface area contributed by atoms with Crippen molar-refractivity contribution in [3.05, 3.63) is 28.3 Å². The maximum absolute atomic E-state index is 12.6. The van der Waals surface area contributed by atoms with Crippen molar-refractivity contribution in [2.24, 2.45) is 0 Å². The zero-order valence-corrected chi connectivity index (χ0v) is 17.1. The van der Waals surface area contributed by atoms with Crippen molar-refractivity contribution >= 4 is 31.5 Å². The minimum absolute atomic E-state index is 0.00275. The summed E-state index contributed by atoms with van der Waals surface area (Å²) in [6, 6.07) is 2.76. The number of amides is 1. The van der Waals surface area contributed by atoms with Crippen molar-refractivity contribution in [1.82, 2.24) is 9.62 Å². The third-order valence-corrected chi connectivity index (χ3v) is 8.45. The molecule has 1 aromatic rings. The smallest absolute Gasteiger partial charge is 0.312 e. The topological polar surface area (TPSA) is 153 Å². The average Bonchev–Trinajstić information content (AvgIpc) is 3.30. The summed E-state index contributed by atoms with van der Waals surface area (Å²) in [6.07, 6.45) is 1.77. The molecule has 11 nitrogen and oxygen atoms in total. The molecule has 13 heteroatoms. The van der Waals surface area contributed by atoms with Crippen LogP contribution in [0.2, 0.25) is 0 Å². The molecule has 0 spiro atoms. The molecule has 1 aromatic carbocycles. The number of nitrogens with one attached hydrogen (secondary N) is 1. The van der Waals surface area contributed by atoms with E-state index in [9.17, 15) is 31.7 Å². The van der Waals surface area contributed by atoms with Gasteiger partial charge in [-0.1, -0.05) is 0 Å². The van der Waals surface area contributed by atoms with E-state index in [1.165, 1.54) is 10.4 Å². The Bertz CT molecular complexity index is 1020. The molecule has 0 radical (unpaired) electrons. The Kier molecular flexibility index (Phi) is 6.10. The summed E-state index contributed by atoms with van der Waals surface area (Å²) in [5, 5.41) is 13.9. The van der Waals surface area contributed by atoms with Gasteiger partial charge in [0.1, 0.15) is 0 Å². The predicted octanol–water partition coefficient (Wildman–Crippen LogP) is 0.0614. The molecule has 1 unspecified atom stereocenters. The minimum Gasteiger partial charge on any atom is -0.477 e. The first kappa shape index (κ1) is 21.5. The summed E-state index contributed by atoms with van der Waals surface area (Å²) in [7, 11) is -6.99. The van der Waals surface area contributed by atoms with E-state index in [0.29, 0.717) is 19.5 Å². The molecule has 0 aromatic heterocycles. The Balaban J connectivity index is 1.69. The number of rotatable bonds is 7. The molecule has 1 atom stereocenters. The second-order valence-corrected chi connectivity index (χ2v) is 11.1. The van der Waals surface area contributed by atoms with E-state index in [1.807, 2.05) is 0 Å². The number of nitrogens with zero attached hydrogens (tertiary/aromatic N) is 2. The van der Waals surface area contributed by atoms with Crippen LogP contribution in [0.25, 0.3) is 0 Å². The number of sulfone groups is 1. The van der Waals surface area contributed by atoms with Gasteiger partial charge < -0.3 is 10.1 Å². The van der Waals surface area contributed by atoms with Gasteiger partial charge in [0.2, 0.25) is 10.0 Å². The van der Waals surface area contributed by atoms with Crippen LogP contribution in [0, 0.1) is 10.1 Å². The predicted molar refractivity (Wildman–Crippen MR) is 102 cm³/mol. The van der Waals surface area contributed by atoms with Crippen LogP contribution in [-0.2, 0) is 24.7 Å². The number of nitro groups is 1. The molecule has 160 valence electrons. The van der Waals surface area contributed by atoms with Gasteiger partial charge in [-0.3, -0.25) is 14.9 Å². The Hall–Kier alpha value is -2.25. The number of benzene rings is 1. The highest BCUT2D eigenvalue weighted by atomic mass is 32.2. The highest BCUT2D eigenvalue weighted by molar-refractivity contribution is 7.91. The van der Waals surface area contributed by atoms with Gasteiger partial charge in [0.25, 0.3) is 5.91 Å². The number of ether oxygens (including phenoxy) is 1. The van der Waals surface area contributed by atoms with Crippen LogP contribution in [0.3, 0.4) is 0 Å². The lowest BCUT2D eigenvalue weighted by atomic mass is 10.2. The molecule has 2 fully saturated rings. The van der Waals surface area contributed by atoms with Gasteiger partial charge in [-0.2, -0.15) is 4.31 Å². The van der Waals surface area contributed by atoms with Gasteiger partial charge in [0.15, 0.2) is 22.2 Å². The lowest BCUT2D eigenvalue weighted by molar-refractivity contribution is -0.386. The lowest BCUT2D eigenvalue weighted by Gasteiger charge is -2.16. The maximum atomic E-state index is 12.6. The molecule has 1 N–H and O–H groups in total. The van der Waals surface area contributed by atoms with Crippen LogP contribution in [-0.4, -0.2) is 69.2 Å². The van der Waals surface area contributed by atoms with Gasteiger partial charge in [0.05, 0.1) is 21.3 Å². The van der Waals surface area contributed by atoms with E-state index in [4.69, 9.17) is 4.74 Å². The van der Waals surface area contributed by atoms with Crippen molar-refractivity contribution in [1.29, 1.82) is 0 Å². The number of sulfonamides is 1. The second-order valence-electron chi connectivity index (χ2n) is 6.95. The molecule has 0 bridgehead atoms. The molecule has 2 aliphatic rings. The Morgan fingerprint density at radius 2 is 2.00 bits per heavy atom.